The van der Waals surface area contributed by atoms with Gasteiger partial charge in [-0.25, -0.2) is 0 Å². The Bertz CT molecular complexity index is 587. The highest BCUT2D eigenvalue weighted by Gasteiger charge is 2.10. The molecule has 6 heteroatoms. The third kappa shape index (κ3) is 3.52. The summed E-state index contributed by atoms with van der Waals surface area (Å²) in [5, 5.41) is 14.0. The predicted molar refractivity (Wildman–Crippen MR) is 74.4 cm³/mol. The number of nitrogens with zero attached hydrogens (tertiary/aromatic N) is 2. The molecule has 1 heterocycles. The van der Waals surface area contributed by atoms with Gasteiger partial charge in [0, 0.05) is 37.0 Å². The third-order valence-electron chi connectivity index (χ3n) is 2.82. The zero-order valence-corrected chi connectivity index (χ0v) is 11.1. The van der Waals surface area contributed by atoms with Gasteiger partial charge in [0.15, 0.2) is 0 Å². The third-order valence-corrected chi connectivity index (χ3v) is 2.82. The SMILES string of the molecule is COc1ccc([N+](=O)[O-])cc1CNCc1ccccn1. The standard InChI is InChI=1S/C14H15N3O3/c1-20-14-6-5-13(17(18)19)8-11(14)9-15-10-12-4-2-3-7-16-12/h2-8,15H,9-10H2,1H3. The van der Waals surface area contributed by atoms with Crippen molar-refractivity contribution < 1.29 is 9.66 Å². The van der Waals surface area contributed by atoms with Crippen molar-refractivity contribution in [3.63, 3.8) is 0 Å². The summed E-state index contributed by atoms with van der Waals surface area (Å²) in [7, 11) is 1.55. The number of benzene rings is 1. The van der Waals surface area contributed by atoms with E-state index in [2.05, 4.69) is 10.3 Å². The summed E-state index contributed by atoms with van der Waals surface area (Å²) >= 11 is 0. The molecule has 0 saturated carbocycles. The Kier molecular flexibility index (Phi) is 4.62. The van der Waals surface area contributed by atoms with Crippen LogP contribution in [0.15, 0.2) is 42.6 Å². The minimum absolute atomic E-state index is 0.0560. The van der Waals surface area contributed by atoms with Gasteiger partial charge >= 0.3 is 0 Å². The molecule has 1 N–H and O–H groups in total. The largest absolute Gasteiger partial charge is 0.496 e. The van der Waals surface area contributed by atoms with Crippen LogP contribution in [0, 0.1) is 10.1 Å². The van der Waals surface area contributed by atoms with Crippen molar-refractivity contribution in [3.8, 4) is 5.75 Å². The number of nitrogens with one attached hydrogen (secondary N) is 1. The monoisotopic (exact) mass is 273 g/mol. The highest BCUT2D eigenvalue weighted by Crippen LogP contribution is 2.23. The van der Waals surface area contributed by atoms with Crippen LogP contribution in [-0.2, 0) is 13.1 Å². The number of hydrogen-bond acceptors (Lipinski definition) is 5. The second kappa shape index (κ2) is 6.63. The van der Waals surface area contributed by atoms with Crippen LogP contribution in [0.2, 0.25) is 0 Å². The van der Waals surface area contributed by atoms with Crippen LogP contribution in [0.3, 0.4) is 0 Å². The lowest BCUT2D eigenvalue weighted by Gasteiger charge is -2.09. The quantitative estimate of drug-likeness (QED) is 0.645. The molecule has 0 spiro atoms. The Balaban J connectivity index is 2.04. The number of rotatable bonds is 6. The molecule has 6 nitrogen and oxygen atoms in total. The first-order valence-electron chi connectivity index (χ1n) is 6.12. The Labute approximate surface area is 116 Å². The average molecular weight is 273 g/mol. The lowest BCUT2D eigenvalue weighted by atomic mass is 10.1. The molecule has 0 amide bonds. The summed E-state index contributed by atoms with van der Waals surface area (Å²) in [6.07, 6.45) is 1.73. The Morgan fingerprint density at radius 3 is 2.80 bits per heavy atom. The molecular weight excluding hydrogens is 258 g/mol. The van der Waals surface area contributed by atoms with Crippen LogP contribution in [-0.4, -0.2) is 17.0 Å². The maximum absolute atomic E-state index is 10.8. The van der Waals surface area contributed by atoms with Crippen LogP contribution in [0.4, 0.5) is 5.69 Å². The van der Waals surface area contributed by atoms with Gasteiger partial charge < -0.3 is 10.1 Å². The summed E-state index contributed by atoms with van der Waals surface area (Å²) in [4.78, 5) is 14.6. The predicted octanol–water partition coefficient (Wildman–Crippen LogP) is 2.29. The molecule has 0 radical (unpaired) electrons. The molecule has 0 aliphatic heterocycles. The number of nitro benzene ring substituents is 1. The Morgan fingerprint density at radius 1 is 1.30 bits per heavy atom. The number of aromatic nitrogens is 1. The summed E-state index contributed by atoms with van der Waals surface area (Å²) < 4.78 is 5.20. The number of non-ortho nitro benzene ring substituents is 1. The highest BCUT2D eigenvalue weighted by molar-refractivity contribution is 5.43. The lowest BCUT2D eigenvalue weighted by Crippen LogP contribution is -2.14. The summed E-state index contributed by atoms with van der Waals surface area (Å²) in [6, 6.07) is 10.2. The van der Waals surface area contributed by atoms with Crippen LogP contribution in [0.25, 0.3) is 0 Å². The maximum Gasteiger partial charge on any atom is 0.270 e. The second-order valence-electron chi connectivity index (χ2n) is 4.18. The van der Waals surface area contributed by atoms with Crippen molar-refractivity contribution in [1.82, 2.24) is 10.3 Å². The van der Waals surface area contributed by atoms with Crippen molar-refractivity contribution in [3.05, 3.63) is 64.0 Å². The van der Waals surface area contributed by atoms with E-state index in [0.717, 1.165) is 11.3 Å². The van der Waals surface area contributed by atoms with Gasteiger partial charge in [-0.1, -0.05) is 6.07 Å². The van der Waals surface area contributed by atoms with E-state index < -0.39 is 4.92 Å². The molecule has 0 bridgehead atoms. The fourth-order valence-corrected chi connectivity index (χ4v) is 1.84. The molecule has 0 aliphatic rings. The van der Waals surface area contributed by atoms with Gasteiger partial charge in [-0.15, -0.1) is 0 Å². The lowest BCUT2D eigenvalue weighted by molar-refractivity contribution is -0.384. The molecule has 1 aromatic carbocycles. The zero-order chi connectivity index (χ0) is 14.4. The van der Waals surface area contributed by atoms with Gasteiger partial charge in [-0.2, -0.15) is 0 Å². The second-order valence-corrected chi connectivity index (χ2v) is 4.18. The maximum atomic E-state index is 10.8. The average Bonchev–Trinajstić information content (AvgIpc) is 2.48. The molecule has 2 rings (SSSR count). The molecule has 104 valence electrons. The first-order valence-corrected chi connectivity index (χ1v) is 6.12. The van der Waals surface area contributed by atoms with E-state index >= 15 is 0 Å². The number of hydrogen-bond donors (Lipinski definition) is 1. The van der Waals surface area contributed by atoms with E-state index in [-0.39, 0.29) is 5.69 Å². The van der Waals surface area contributed by atoms with Gasteiger partial charge in [-0.05, 0) is 18.2 Å². The fraction of sp³-hybridized carbons (Fsp3) is 0.214. The molecular formula is C14H15N3O3. The normalized spacial score (nSPS) is 10.2. The van der Waals surface area contributed by atoms with Crippen LogP contribution < -0.4 is 10.1 Å². The van der Waals surface area contributed by atoms with E-state index in [9.17, 15) is 10.1 Å². The Hall–Kier alpha value is -2.47. The smallest absolute Gasteiger partial charge is 0.270 e. The van der Waals surface area contributed by atoms with Crippen LogP contribution in [0.1, 0.15) is 11.3 Å². The minimum Gasteiger partial charge on any atom is -0.496 e. The van der Waals surface area contributed by atoms with Crippen molar-refractivity contribution in [2.75, 3.05) is 7.11 Å². The van der Waals surface area contributed by atoms with Crippen molar-refractivity contribution in [2.24, 2.45) is 0 Å². The van der Waals surface area contributed by atoms with Gasteiger partial charge in [0.25, 0.3) is 5.69 Å². The van der Waals surface area contributed by atoms with Crippen molar-refractivity contribution in [2.45, 2.75) is 13.1 Å². The van der Waals surface area contributed by atoms with Gasteiger partial charge in [-0.3, -0.25) is 15.1 Å². The van der Waals surface area contributed by atoms with Crippen molar-refractivity contribution >= 4 is 5.69 Å². The number of pyridine rings is 1. The fourth-order valence-electron chi connectivity index (χ4n) is 1.84. The van der Waals surface area contributed by atoms with Gasteiger partial charge in [0.1, 0.15) is 5.75 Å². The summed E-state index contributed by atoms with van der Waals surface area (Å²) in [6.45, 7) is 1.06. The van der Waals surface area contributed by atoms with Gasteiger partial charge in [0.05, 0.1) is 17.7 Å². The first-order chi connectivity index (χ1) is 9.70. The Morgan fingerprint density at radius 2 is 2.15 bits per heavy atom. The molecule has 20 heavy (non-hydrogen) atoms. The van der Waals surface area contributed by atoms with E-state index in [1.165, 1.54) is 12.1 Å². The number of ether oxygens (including phenoxy) is 1. The molecule has 0 fully saturated rings. The number of methoxy groups -OCH3 is 1. The first kappa shape index (κ1) is 14.0. The zero-order valence-electron chi connectivity index (χ0n) is 11.1. The summed E-state index contributed by atoms with van der Waals surface area (Å²) in [5.74, 6) is 0.629. The summed E-state index contributed by atoms with van der Waals surface area (Å²) in [5.41, 5.74) is 1.72. The topological polar surface area (TPSA) is 77.3 Å². The van der Waals surface area contributed by atoms with E-state index in [0.29, 0.717) is 18.8 Å². The van der Waals surface area contributed by atoms with E-state index in [1.807, 2.05) is 18.2 Å². The molecule has 0 unspecified atom stereocenters. The minimum atomic E-state index is -0.415. The highest BCUT2D eigenvalue weighted by atomic mass is 16.6. The molecule has 0 atom stereocenters. The van der Waals surface area contributed by atoms with Crippen LogP contribution in [0.5, 0.6) is 5.75 Å². The molecule has 0 saturated heterocycles. The van der Waals surface area contributed by atoms with Gasteiger partial charge in [0.2, 0.25) is 0 Å². The van der Waals surface area contributed by atoms with Crippen LogP contribution >= 0.6 is 0 Å². The van der Waals surface area contributed by atoms with Crippen molar-refractivity contribution in [1.29, 1.82) is 0 Å². The molecule has 0 aliphatic carbocycles. The van der Waals surface area contributed by atoms with E-state index in [4.69, 9.17) is 4.74 Å². The number of nitro groups is 1. The van der Waals surface area contributed by atoms with E-state index in [1.54, 1.807) is 19.4 Å². The molecule has 1 aromatic heterocycles. The molecule has 2 aromatic rings.